The average molecular weight is 353 g/mol. The molecule has 24 heavy (non-hydrogen) atoms. The van der Waals surface area contributed by atoms with Crippen LogP contribution in [0.15, 0.2) is 18.5 Å². The second-order valence-corrected chi connectivity index (χ2v) is 8.59. The highest BCUT2D eigenvalue weighted by Gasteiger charge is 2.32. The topological polar surface area (TPSA) is 95.5 Å². The molecule has 2 aliphatic rings. The number of sulfone groups is 1. The minimum absolute atomic E-state index is 0.0601. The highest BCUT2D eigenvalue weighted by atomic mass is 32.2. The smallest absolute Gasteiger partial charge is 0.237 e. The Balaban J connectivity index is 1.50. The van der Waals surface area contributed by atoms with Gasteiger partial charge in [0.2, 0.25) is 11.9 Å². The molecule has 2 saturated heterocycles. The summed E-state index contributed by atoms with van der Waals surface area (Å²) >= 11 is 0. The molecule has 0 unspecified atom stereocenters. The molecular weight excluding hydrogens is 330 g/mol. The number of nitrogens with zero attached hydrogens (tertiary/aromatic N) is 4. The summed E-state index contributed by atoms with van der Waals surface area (Å²) in [5.74, 6) is 0.846. The summed E-state index contributed by atoms with van der Waals surface area (Å²) in [5.41, 5.74) is 0. The number of amides is 1. The molecule has 3 heterocycles. The van der Waals surface area contributed by atoms with Crippen molar-refractivity contribution in [1.29, 1.82) is 0 Å². The maximum atomic E-state index is 12.4. The summed E-state index contributed by atoms with van der Waals surface area (Å²) in [5, 5.41) is 2.88. The summed E-state index contributed by atoms with van der Waals surface area (Å²) in [7, 11) is -2.98. The van der Waals surface area contributed by atoms with Crippen molar-refractivity contribution in [1.82, 2.24) is 20.2 Å². The molecule has 1 aromatic rings. The van der Waals surface area contributed by atoms with E-state index in [1.807, 2.05) is 6.92 Å². The normalized spacial score (nSPS) is 25.4. The van der Waals surface area contributed by atoms with Crippen molar-refractivity contribution in [3.63, 3.8) is 0 Å². The summed E-state index contributed by atoms with van der Waals surface area (Å²) in [6.07, 6.45) is 3.96. The Bertz CT molecular complexity index is 674. The number of rotatable bonds is 4. The molecular formula is C15H23N5O3S. The molecule has 2 aliphatic heterocycles. The number of hydrogen-bond donors (Lipinski definition) is 1. The first-order chi connectivity index (χ1) is 11.4. The van der Waals surface area contributed by atoms with E-state index in [4.69, 9.17) is 0 Å². The highest BCUT2D eigenvalue weighted by molar-refractivity contribution is 7.91. The summed E-state index contributed by atoms with van der Waals surface area (Å²) in [6, 6.07) is 1.27. The van der Waals surface area contributed by atoms with Crippen molar-refractivity contribution < 1.29 is 13.2 Å². The predicted molar refractivity (Wildman–Crippen MR) is 90.5 cm³/mol. The van der Waals surface area contributed by atoms with Gasteiger partial charge in [-0.15, -0.1) is 0 Å². The summed E-state index contributed by atoms with van der Waals surface area (Å²) in [6.45, 7) is 4.89. The van der Waals surface area contributed by atoms with Gasteiger partial charge in [0.1, 0.15) is 0 Å². The van der Waals surface area contributed by atoms with Gasteiger partial charge >= 0.3 is 0 Å². The van der Waals surface area contributed by atoms with E-state index in [-0.39, 0.29) is 29.5 Å². The zero-order valence-corrected chi connectivity index (χ0v) is 14.6. The van der Waals surface area contributed by atoms with Crippen LogP contribution in [-0.4, -0.2) is 79.0 Å². The third-order valence-electron chi connectivity index (χ3n) is 4.66. The lowest BCUT2D eigenvalue weighted by molar-refractivity contribution is -0.126. The SMILES string of the molecule is C[C@@H](C(=O)N[C@@H]1CCS(=O)(=O)C1)N1CCN(c2ncccn2)CC1. The molecule has 9 heteroatoms. The molecule has 3 rings (SSSR count). The number of hydrogen-bond acceptors (Lipinski definition) is 7. The molecule has 2 fully saturated rings. The summed E-state index contributed by atoms with van der Waals surface area (Å²) < 4.78 is 23.0. The number of anilines is 1. The Kier molecular flexibility index (Phi) is 5.00. The predicted octanol–water partition coefficient (Wildman–Crippen LogP) is -0.710. The van der Waals surface area contributed by atoms with Crippen LogP contribution < -0.4 is 10.2 Å². The molecule has 132 valence electrons. The van der Waals surface area contributed by atoms with E-state index in [1.165, 1.54) is 0 Å². The van der Waals surface area contributed by atoms with Crippen LogP contribution in [0.4, 0.5) is 5.95 Å². The van der Waals surface area contributed by atoms with E-state index in [0.717, 1.165) is 26.2 Å². The van der Waals surface area contributed by atoms with Crippen molar-refractivity contribution in [3.05, 3.63) is 18.5 Å². The van der Waals surface area contributed by atoms with Crippen LogP contribution in [0.5, 0.6) is 0 Å². The van der Waals surface area contributed by atoms with Crippen molar-refractivity contribution in [2.75, 3.05) is 42.6 Å². The minimum Gasteiger partial charge on any atom is -0.351 e. The highest BCUT2D eigenvalue weighted by Crippen LogP contribution is 2.14. The first-order valence-corrected chi connectivity index (χ1v) is 10.0. The van der Waals surface area contributed by atoms with Gasteiger partial charge in [0.05, 0.1) is 17.5 Å². The second-order valence-electron chi connectivity index (χ2n) is 6.36. The Morgan fingerprint density at radius 1 is 1.25 bits per heavy atom. The van der Waals surface area contributed by atoms with Gasteiger partial charge in [0.25, 0.3) is 0 Å². The van der Waals surface area contributed by atoms with Gasteiger partial charge in [-0.05, 0) is 19.4 Å². The molecule has 8 nitrogen and oxygen atoms in total. The van der Waals surface area contributed by atoms with Crippen LogP contribution in [0, 0.1) is 0 Å². The van der Waals surface area contributed by atoms with Gasteiger partial charge in [-0.25, -0.2) is 18.4 Å². The monoisotopic (exact) mass is 353 g/mol. The number of aromatic nitrogens is 2. The Labute approximate surface area is 142 Å². The lowest BCUT2D eigenvalue weighted by Crippen LogP contribution is -2.55. The van der Waals surface area contributed by atoms with Crippen LogP contribution >= 0.6 is 0 Å². The average Bonchev–Trinajstić information content (AvgIpc) is 2.93. The van der Waals surface area contributed by atoms with Crippen LogP contribution in [0.25, 0.3) is 0 Å². The molecule has 0 aliphatic carbocycles. The van der Waals surface area contributed by atoms with Crippen LogP contribution in [0.2, 0.25) is 0 Å². The third-order valence-corrected chi connectivity index (χ3v) is 6.42. The molecule has 0 radical (unpaired) electrons. The second kappa shape index (κ2) is 7.02. The van der Waals surface area contributed by atoms with E-state index in [9.17, 15) is 13.2 Å². The molecule has 0 saturated carbocycles. The first-order valence-electron chi connectivity index (χ1n) is 8.21. The van der Waals surface area contributed by atoms with E-state index >= 15 is 0 Å². The first kappa shape index (κ1) is 17.1. The molecule has 1 N–H and O–H groups in total. The molecule has 2 atom stereocenters. The minimum atomic E-state index is -2.98. The zero-order chi connectivity index (χ0) is 17.2. The van der Waals surface area contributed by atoms with E-state index < -0.39 is 9.84 Å². The number of carbonyl (C=O) groups excluding carboxylic acids is 1. The lowest BCUT2D eigenvalue weighted by Gasteiger charge is -2.37. The lowest BCUT2D eigenvalue weighted by atomic mass is 10.2. The molecule has 1 aromatic heterocycles. The number of nitrogens with one attached hydrogen (secondary N) is 1. The van der Waals surface area contributed by atoms with Gasteiger partial charge in [-0.2, -0.15) is 0 Å². The van der Waals surface area contributed by atoms with Gasteiger partial charge in [0.15, 0.2) is 9.84 Å². The number of carbonyl (C=O) groups is 1. The van der Waals surface area contributed by atoms with Crippen LogP contribution in [-0.2, 0) is 14.6 Å². The van der Waals surface area contributed by atoms with Crippen molar-refractivity contribution in [3.8, 4) is 0 Å². The zero-order valence-electron chi connectivity index (χ0n) is 13.8. The fraction of sp³-hybridized carbons (Fsp3) is 0.667. The van der Waals surface area contributed by atoms with Gasteiger partial charge in [-0.1, -0.05) is 0 Å². The molecule has 0 aromatic carbocycles. The van der Waals surface area contributed by atoms with Gasteiger partial charge in [0, 0.05) is 44.6 Å². The molecule has 1 amide bonds. The van der Waals surface area contributed by atoms with Crippen molar-refractivity contribution in [2.24, 2.45) is 0 Å². The van der Waals surface area contributed by atoms with Gasteiger partial charge < -0.3 is 10.2 Å². The Hall–Kier alpha value is -1.74. The Morgan fingerprint density at radius 3 is 2.50 bits per heavy atom. The summed E-state index contributed by atoms with van der Waals surface area (Å²) in [4.78, 5) is 25.1. The maximum Gasteiger partial charge on any atom is 0.237 e. The number of piperazine rings is 1. The third kappa shape index (κ3) is 4.02. The van der Waals surface area contributed by atoms with E-state index in [1.54, 1.807) is 18.5 Å². The van der Waals surface area contributed by atoms with E-state index in [2.05, 4.69) is 25.1 Å². The molecule has 0 spiro atoms. The fourth-order valence-corrected chi connectivity index (χ4v) is 4.83. The van der Waals surface area contributed by atoms with Crippen LogP contribution in [0.1, 0.15) is 13.3 Å². The van der Waals surface area contributed by atoms with Crippen molar-refractivity contribution >= 4 is 21.7 Å². The largest absolute Gasteiger partial charge is 0.351 e. The fourth-order valence-electron chi connectivity index (χ4n) is 3.16. The standard InChI is InChI=1S/C15H23N5O3S/c1-12(14(21)18-13-3-10-24(22,23)11-13)19-6-8-20(9-7-19)15-16-4-2-5-17-15/h2,4-5,12-13H,3,6-11H2,1H3,(H,18,21)/t12-,13+/m0/s1. The van der Waals surface area contributed by atoms with E-state index in [0.29, 0.717) is 12.4 Å². The molecule has 0 bridgehead atoms. The van der Waals surface area contributed by atoms with Crippen LogP contribution in [0.3, 0.4) is 0 Å². The van der Waals surface area contributed by atoms with Crippen molar-refractivity contribution in [2.45, 2.75) is 25.4 Å². The van der Waals surface area contributed by atoms with Gasteiger partial charge in [-0.3, -0.25) is 9.69 Å². The maximum absolute atomic E-state index is 12.4. The quantitative estimate of drug-likeness (QED) is 0.764. The Morgan fingerprint density at radius 2 is 1.92 bits per heavy atom.